The van der Waals surface area contributed by atoms with Gasteiger partial charge in [-0.05, 0) is 12.8 Å². The molecule has 2 heterocycles. The van der Waals surface area contributed by atoms with E-state index in [-0.39, 0.29) is 11.2 Å². The molecule has 0 saturated heterocycles. The summed E-state index contributed by atoms with van der Waals surface area (Å²) in [6.07, 6.45) is 0. The van der Waals surface area contributed by atoms with Crippen molar-refractivity contribution in [2.75, 3.05) is 11.9 Å². The number of rotatable bonds is 4. The number of nitrogens with zero attached hydrogens (tertiary/aromatic N) is 4. The summed E-state index contributed by atoms with van der Waals surface area (Å²) in [7, 11) is 3.14. The highest BCUT2D eigenvalue weighted by molar-refractivity contribution is 5.74. The summed E-state index contributed by atoms with van der Waals surface area (Å²) in [5.74, 6) is 1.01. The Balaban J connectivity index is 2.89. The van der Waals surface area contributed by atoms with Crippen molar-refractivity contribution >= 4 is 17.1 Å². The van der Waals surface area contributed by atoms with Crippen molar-refractivity contribution in [2.24, 2.45) is 20.0 Å². The van der Waals surface area contributed by atoms with Gasteiger partial charge >= 0.3 is 5.69 Å². The molecule has 0 atom stereocenters. The largest absolute Gasteiger partial charge is 0.356 e. The van der Waals surface area contributed by atoms with Crippen LogP contribution in [0.25, 0.3) is 11.2 Å². The van der Waals surface area contributed by atoms with E-state index in [9.17, 15) is 9.59 Å². The lowest BCUT2D eigenvalue weighted by Crippen LogP contribution is -2.37. The van der Waals surface area contributed by atoms with E-state index < -0.39 is 0 Å². The molecule has 0 aliphatic carbocycles. The summed E-state index contributed by atoms with van der Waals surface area (Å²) in [6.45, 7) is 7.53. The topological polar surface area (TPSA) is 73.8 Å². The zero-order chi connectivity index (χ0) is 15.0. The molecule has 1 N–H and O–H groups in total. The van der Waals surface area contributed by atoms with Crippen LogP contribution >= 0.6 is 0 Å². The minimum absolute atomic E-state index is 0.325. The number of hydrogen-bond donors (Lipinski definition) is 1. The Morgan fingerprint density at radius 1 is 1.20 bits per heavy atom. The Kier molecular flexibility index (Phi) is 3.69. The predicted molar refractivity (Wildman–Crippen MR) is 79.2 cm³/mol. The monoisotopic (exact) mass is 279 g/mol. The second kappa shape index (κ2) is 5.15. The van der Waals surface area contributed by atoms with Gasteiger partial charge in [0.25, 0.3) is 5.56 Å². The molecule has 20 heavy (non-hydrogen) atoms. The fourth-order valence-corrected chi connectivity index (χ4v) is 2.32. The third kappa shape index (κ3) is 2.13. The molecular formula is C13H21N5O2. The molecule has 0 saturated carbocycles. The van der Waals surface area contributed by atoms with Crippen molar-refractivity contribution in [2.45, 2.75) is 27.3 Å². The van der Waals surface area contributed by atoms with Gasteiger partial charge < -0.3 is 5.32 Å². The summed E-state index contributed by atoms with van der Waals surface area (Å²) < 4.78 is 4.48. The van der Waals surface area contributed by atoms with E-state index in [1.165, 1.54) is 11.6 Å². The number of aryl methyl sites for hydroxylation is 1. The van der Waals surface area contributed by atoms with Crippen LogP contribution in [0.15, 0.2) is 9.59 Å². The zero-order valence-corrected chi connectivity index (χ0v) is 12.6. The van der Waals surface area contributed by atoms with Gasteiger partial charge in [-0.25, -0.2) is 9.78 Å². The molecule has 7 nitrogen and oxygen atoms in total. The van der Waals surface area contributed by atoms with E-state index in [4.69, 9.17) is 0 Å². The van der Waals surface area contributed by atoms with E-state index >= 15 is 0 Å². The summed E-state index contributed by atoms with van der Waals surface area (Å²) in [6, 6.07) is 0. The van der Waals surface area contributed by atoms with Crippen LogP contribution in [0.1, 0.15) is 20.8 Å². The lowest BCUT2D eigenvalue weighted by Gasteiger charge is -2.13. The van der Waals surface area contributed by atoms with Crippen LogP contribution in [0.3, 0.4) is 0 Å². The Hall–Kier alpha value is -2.05. The molecule has 7 heteroatoms. The maximum Gasteiger partial charge on any atom is 0.332 e. The average Bonchev–Trinajstić information content (AvgIpc) is 2.73. The van der Waals surface area contributed by atoms with Gasteiger partial charge in [0.2, 0.25) is 5.95 Å². The van der Waals surface area contributed by atoms with Gasteiger partial charge in [0.15, 0.2) is 11.2 Å². The SMILES string of the molecule is CCNc1nc2c(=O)n(C)c(=O)n(C)c2n1CC(C)C. The van der Waals surface area contributed by atoms with Crippen molar-refractivity contribution in [3.8, 4) is 0 Å². The molecule has 110 valence electrons. The van der Waals surface area contributed by atoms with Crippen LogP contribution in [0, 0.1) is 5.92 Å². The highest BCUT2D eigenvalue weighted by Gasteiger charge is 2.18. The van der Waals surface area contributed by atoms with Gasteiger partial charge in [0, 0.05) is 27.2 Å². The number of anilines is 1. The van der Waals surface area contributed by atoms with Crippen LogP contribution in [0.2, 0.25) is 0 Å². The van der Waals surface area contributed by atoms with Gasteiger partial charge in [-0.3, -0.25) is 18.5 Å². The van der Waals surface area contributed by atoms with Crippen LogP contribution in [0.5, 0.6) is 0 Å². The molecule has 2 rings (SSSR count). The number of hydrogen-bond acceptors (Lipinski definition) is 4. The number of fused-ring (bicyclic) bond motifs is 1. The van der Waals surface area contributed by atoms with E-state index in [1.54, 1.807) is 7.05 Å². The van der Waals surface area contributed by atoms with Crippen molar-refractivity contribution in [3.63, 3.8) is 0 Å². The zero-order valence-electron chi connectivity index (χ0n) is 12.6. The van der Waals surface area contributed by atoms with E-state index in [1.807, 2.05) is 11.5 Å². The lowest BCUT2D eigenvalue weighted by molar-refractivity contribution is 0.527. The summed E-state index contributed by atoms with van der Waals surface area (Å²) >= 11 is 0. The molecular weight excluding hydrogens is 258 g/mol. The minimum atomic E-state index is -0.357. The third-order valence-electron chi connectivity index (χ3n) is 3.22. The molecule has 2 aromatic heterocycles. The molecule has 0 aromatic carbocycles. The maximum absolute atomic E-state index is 12.2. The van der Waals surface area contributed by atoms with Crippen LogP contribution in [0.4, 0.5) is 5.95 Å². The average molecular weight is 279 g/mol. The lowest BCUT2D eigenvalue weighted by atomic mass is 10.2. The van der Waals surface area contributed by atoms with Crippen molar-refractivity contribution in [1.29, 1.82) is 0 Å². The molecule has 0 fully saturated rings. The Labute approximate surface area is 116 Å². The van der Waals surface area contributed by atoms with Gasteiger partial charge in [-0.2, -0.15) is 0 Å². The van der Waals surface area contributed by atoms with Gasteiger partial charge in [0.05, 0.1) is 0 Å². The molecule has 0 amide bonds. The first kappa shape index (κ1) is 14.4. The Bertz CT molecular complexity index is 751. The number of imidazole rings is 1. The highest BCUT2D eigenvalue weighted by atomic mass is 16.2. The number of aromatic nitrogens is 4. The van der Waals surface area contributed by atoms with Gasteiger partial charge in [-0.1, -0.05) is 13.8 Å². The first-order chi connectivity index (χ1) is 9.38. The molecule has 2 aromatic rings. The molecule has 0 aliphatic rings. The summed E-state index contributed by atoms with van der Waals surface area (Å²) in [5.41, 5.74) is 0.203. The summed E-state index contributed by atoms with van der Waals surface area (Å²) in [4.78, 5) is 28.7. The fraction of sp³-hybridized carbons (Fsp3) is 0.615. The highest BCUT2D eigenvalue weighted by Crippen LogP contribution is 2.17. The molecule has 0 spiro atoms. The predicted octanol–water partition coefficient (Wildman–Crippen LogP) is 0.521. The van der Waals surface area contributed by atoms with Gasteiger partial charge in [0.1, 0.15) is 0 Å². The van der Waals surface area contributed by atoms with E-state index in [2.05, 4.69) is 24.1 Å². The molecule has 0 unspecified atom stereocenters. The molecule has 0 aliphatic heterocycles. The van der Waals surface area contributed by atoms with E-state index in [0.717, 1.165) is 4.57 Å². The maximum atomic E-state index is 12.2. The van der Waals surface area contributed by atoms with Gasteiger partial charge in [-0.15, -0.1) is 0 Å². The number of nitrogens with one attached hydrogen (secondary N) is 1. The van der Waals surface area contributed by atoms with Crippen molar-refractivity contribution < 1.29 is 0 Å². The second-order valence-electron chi connectivity index (χ2n) is 5.35. The summed E-state index contributed by atoms with van der Waals surface area (Å²) in [5, 5.41) is 3.15. The first-order valence-corrected chi connectivity index (χ1v) is 6.78. The van der Waals surface area contributed by atoms with E-state index in [0.29, 0.717) is 36.1 Å². The van der Waals surface area contributed by atoms with Crippen LogP contribution < -0.4 is 16.6 Å². The Morgan fingerprint density at radius 3 is 2.40 bits per heavy atom. The van der Waals surface area contributed by atoms with Crippen molar-refractivity contribution in [1.82, 2.24) is 18.7 Å². The smallest absolute Gasteiger partial charge is 0.332 e. The second-order valence-corrected chi connectivity index (χ2v) is 5.35. The first-order valence-electron chi connectivity index (χ1n) is 6.78. The Morgan fingerprint density at radius 2 is 1.85 bits per heavy atom. The fourth-order valence-electron chi connectivity index (χ4n) is 2.32. The molecule has 0 radical (unpaired) electrons. The van der Waals surface area contributed by atoms with Crippen LogP contribution in [-0.4, -0.2) is 25.2 Å². The minimum Gasteiger partial charge on any atom is -0.356 e. The normalized spacial score (nSPS) is 11.5. The quantitative estimate of drug-likeness (QED) is 0.885. The van der Waals surface area contributed by atoms with Crippen molar-refractivity contribution in [3.05, 3.63) is 20.8 Å². The molecule has 0 bridgehead atoms. The standard InChI is InChI=1S/C13H21N5O2/c1-6-14-12-15-9-10(18(12)7-8(2)3)16(4)13(20)17(5)11(9)19/h8H,6-7H2,1-5H3,(H,14,15). The van der Waals surface area contributed by atoms with Crippen LogP contribution in [-0.2, 0) is 20.6 Å². The third-order valence-corrected chi connectivity index (χ3v) is 3.22.